The molecule has 38 heavy (non-hydrogen) atoms. The summed E-state index contributed by atoms with van der Waals surface area (Å²) < 4.78 is 30.3. The molecular formula is C27H22ClFN2O6S. The van der Waals surface area contributed by atoms with Gasteiger partial charge in [-0.3, -0.25) is 19.3 Å². The molecule has 0 saturated carbocycles. The summed E-state index contributed by atoms with van der Waals surface area (Å²) in [4.78, 5) is 38.8. The summed E-state index contributed by atoms with van der Waals surface area (Å²) in [5.41, 5.74) is 1.23. The Labute approximate surface area is 227 Å². The van der Waals surface area contributed by atoms with Crippen molar-refractivity contribution in [2.45, 2.75) is 6.61 Å². The van der Waals surface area contributed by atoms with Gasteiger partial charge in [-0.15, -0.1) is 0 Å². The number of hydrogen-bond donors (Lipinski definition) is 1. The maximum Gasteiger partial charge on any atom is 0.294 e. The standard InChI is InChI=1S/C27H22ClFN2O6S/c1-35-18-9-7-17(8-10-18)30-25(32)14-31-26(33)24(38-27(31)34)13-16-6-11-22(36-2)23(12-16)37-15-19-20(28)4-3-5-21(19)29/h3-13H,14-15H2,1-2H3,(H,30,32)/b24-13+. The molecular weight excluding hydrogens is 535 g/mol. The lowest BCUT2D eigenvalue weighted by Gasteiger charge is -2.13. The summed E-state index contributed by atoms with van der Waals surface area (Å²) in [6.45, 7) is -0.584. The van der Waals surface area contributed by atoms with Crippen LogP contribution in [0, 0.1) is 5.82 Å². The van der Waals surface area contributed by atoms with Gasteiger partial charge in [0, 0.05) is 11.3 Å². The number of halogens is 2. The van der Waals surface area contributed by atoms with Crippen LogP contribution in [0.15, 0.2) is 65.6 Å². The Bertz CT molecular complexity index is 1390. The molecule has 8 nitrogen and oxygen atoms in total. The van der Waals surface area contributed by atoms with Gasteiger partial charge in [-0.2, -0.15) is 0 Å². The highest BCUT2D eigenvalue weighted by molar-refractivity contribution is 8.18. The number of carbonyl (C=O) groups is 3. The third-order valence-electron chi connectivity index (χ3n) is 5.47. The van der Waals surface area contributed by atoms with Crippen molar-refractivity contribution in [2.24, 2.45) is 0 Å². The highest BCUT2D eigenvalue weighted by Crippen LogP contribution is 2.35. The maximum absolute atomic E-state index is 14.1. The van der Waals surface area contributed by atoms with E-state index in [-0.39, 0.29) is 22.1 Å². The van der Waals surface area contributed by atoms with E-state index in [0.29, 0.717) is 28.5 Å². The van der Waals surface area contributed by atoms with Crippen LogP contribution in [0.2, 0.25) is 5.02 Å². The summed E-state index contributed by atoms with van der Waals surface area (Å²) in [6, 6.07) is 15.9. The average molecular weight is 557 g/mol. The number of nitrogens with zero attached hydrogens (tertiary/aromatic N) is 1. The Morgan fingerprint density at radius 2 is 1.82 bits per heavy atom. The van der Waals surface area contributed by atoms with Gasteiger partial charge in [-0.25, -0.2) is 4.39 Å². The van der Waals surface area contributed by atoms with E-state index in [1.165, 1.54) is 32.4 Å². The summed E-state index contributed by atoms with van der Waals surface area (Å²) in [5.74, 6) is -0.317. The van der Waals surface area contributed by atoms with Crippen molar-refractivity contribution in [3.05, 3.63) is 87.5 Å². The van der Waals surface area contributed by atoms with Crippen molar-refractivity contribution in [3.63, 3.8) is 0 Å². The normalized spacial score (nSPS) is 14.1. The maximum atomic E-state index is 14.1. The molecule has 0 atom stereocenters. The minimum atomic E-state index is -0.596. The van der Waals surface area contributed by atoms with Crippen LogP contribution in [-0.4, -0.2) is 42.7 Å². The summed E-state index contributed by atoms with van der Waals surface area (Å²) in [6.07, 6.45) is 1.51. The van der Waals surface area contributed by atoms with Crippen LogP contribution in [0.3, 0.4) is 0 Å². The molecule has 3 aromatic rings. The van der Waals surface area contributed by atoms with Gasteiger partial charge < -0.3 is 19.5 Å². The van der Waals surface area contributed by atoms with E-state index >= 15 is 0 Å². The molecule has 0 unspecified atom stereocenters. The quantitative estimate of drug-likeness (QED) is 0.335. The molecule has 4 rings (SSSR count). The molecule has 3 aromatic carbocycles. The lowest BCUT2D eigenvalue weighted by Crippen LogP contribution is -2.36. The molecule has 1 heterocycles. The minimum absolute atomic E-state index is 0.139. The van der Waals surface area contributed by atoms with Crippen molar-refractivity contribution < 1.29 is 33.0 Å². The number of carbonyl (C=O) groups excluding carboxylic acids is 3. The second-order valence-corrected chi connectivity index (χ2v) is 9.34. The molecule has 11 heteroatoms. The molecule has 0 spiro atoms. The number of nitrogens with one attached hydrogen (secondary N) is 1. The fourth-order valence-electron chi connectivity index (χ4n) is 3.52. The van der Waals surface area contributed by atoms with Crippen molar-refractivity contribution in [1.29, 1.82) is 0 Å². The number of ether oxygens (including phenoxy) is 3. The fraction of sp³-hybridized carbons (Fsp3) is 0.148. The zero-order valence-corrected chi connectivity index (χ0v) is 21.9. The van der Waals surface area contributed by atoms with Crippen molar-refractivity contribution in [1.82, 2.24) is 4.90 Å². The minimum Gasteiger partial charge on any atom is -0.497 e. The molecule has 0 radical (unpaired) electrons. The zero-order valence-electron chi connectivity index (χ0n) is 20.3. The first-order chi connectivity index (χ1) is 18.3. The summed E-state index contributed by atoms with van der Waals surface area (Å²) in [7, 11) is 2.99. The fourth-order valence-corrected chi connectivity index (χ4v) is 4.58. The van der Waals surface area contributed by atoms with Gasteiger partial charge in [0.25, 0.3) is 11.1 Å². The van der Waals surface area contributed by atoms with Gasteiger partial charge in [0.1, 0.15) is 24.7 Å². The number of anilines is 1. The van der Waals surface area contributed by atoms with Gasteiger partial charge >= 0.3 is 0 Å². The molecule has 0 aromatic heterocycles. The molecule has 0 aliphatic carbocycles. The van der Waals surface area contributed by atoms with Gasteiger partial charge in [-0.1, -0.05) is 23.7 Å². The number of methoxy groups -OCH3 is 2. The Balaban J connectivity index is 1.46. The van der Waals surface area contributed by atoms with E-state index in [4.69, 9.17) is 25.8 Å². The second-order valence-electron chi connectivity index (χ2n) is 7.94. The van der Waals surface area contributed by atoms with Crippen LogP contribution in [0.4, 0.5) is 14.9 Å². The highest BCUT2D eigenvalue weighted by Gasteiger charge is 2.36. The molecule has 196 valence electrons. The monoisotopic (exact) mass is 556 g/mol. The largest absolute Gasteiger partial charge is 0.497 e. The highest BCUT2D eigenvalue weighted by atomic mass is 35.5. The predicted octanol–water partition coefficient (Wildman–Crippen LogP) is 5.75. The third-order valence-corrected chi connectivity index (χ3v) is 6.73. The van der Waals surface area contributed by atoms with Gasteiger partial charge in [0.05, 0.1) is 24.1 Å². The molecule has 1 aliphatic rings. The Morgan fingerprint density at radius 1 is 1.05 bits per heavy atom. The van der Waals surface area contributed by atoms with Crippen LogP contribution < -0.4 is 19.5 Å². The van der Waals surface area contributed by atoms with E-state index in [1.807, 2.05) is 0 Å². The molecule has 3 amide bonds. The van der Waals surface area contributed by atoms with Crippen LogP contribution in [0.1, 0.15) is 11.1 Å². The summed E-state index contributed by atoms with van der Waals surface area (Å²) >= 11 is 6.80. The summed E-state index contributed by atoms with van der Waals surface area (Å²) in [5, 5.41) is 2.31. The van der Waals surface area contributed by atoms with E-state index in [1.54, 1.807) is 48.5 Å². The smallest absolute Gasteiger partial charge is 0.294 e. The lowest BCUT2D eigenvalue weighted by atomic mass is 10.1. The first kappa shape index (κ1) is 27.0. The first-order valence-electron chi connectivity index (χ1n) is 11.2. The van der Waals surface area contributed by atoms with E-state index in [0.717, 1.165) is 16.7 Å². The predicted molar refractivity (Wildman–Crippen MR) is 143 cm³/mol. The SMILES string of the molecule is COc1ccc(NC(=O)CN2C(=O)S/C(=C/c3ccc(OC)c(OCc4c(F)cccc4Cl)c3)C2=O)cc1. The third kappa shape index (κ3) is 6.27. The van der Waals surface area contributed by atoms with Gasteiger partial charge in [0.2, 0.25) is 5.91 Å². The number of thioether (sulfide) groups is 1. The Hall–Kier alpha value is -4.02. The van der Waals surface area contributed by atoms with E-state index in [9.17, 15) is 18.8 Å². The number of benzene rings is 3. The second kappa shape index (κ2) is 12.0. The Kier molecular flexibility index (Phi) is 8.55. The molecule has 1 saturated heterocycles. The van der Waals surface area contributed by atoms with Crippen LogP contribution in [0.5, 0.6) is 17.2 Å². The average Bonchev–Trinajstić information content (AvgIpc) is 3.16. The number of rotatable bonds is 9. The topological polar surface area (TPSA) is 94.2 Å². The van der Waals surface area contributed by atoms with Crippen LogP contribution in [0.25, 0.3) is 6.08 Å². The molecule has 0 bridgehead atoms. The van der Waals surface area contributed by atoms with Crippen molar-refractivity contribution in [2.75, 3.05) is 26.1 Å². The van der Waals surface area contributed by atoms with Crippen molar-refractivity contribution >= 4 is 52.2 Å². The molecule has 1 N–H and O–H groups in total. The van der Waals surface area contributed by atoms with Gasteiger partial charge in [0.15, 0.2) is 11.5 Å². The van der Waals surface area contributed by atoms with Crippen LogP contribution >= 0.6 is 23.4 Å². The molecule has 1 fully saturated rings. The number of amides is 3. The zero-order chi connectivity index (χ0) is 27.2. The van der Waals surface area contributed by atoms with Crippen molar-refractivity contribution in [3.8, 4) is 17.2 Å². The number of hydrogen-bond acceptors (Lipinski definition) is 7. The first-order valence-corrected chi connectivity index (χ1v) is 12.4. The molecule has 1 aliphatic heterocycles. The van der Waals surface area contributed by atoms with E-state index in [2.05, 4.69) is 5.32 Å². The van der Waals surface area contributed by atoms with E-state index < -0.39 is 29.4 Å². The van der Waals surface area contributed by atoms with Gasteiger partial charge in [-0.05, 0) is 71.9 Å². The Morgan fingerprint density at radius 3 is 2.50 bits per heavy atom. The lowest BCUT2D eigenvalue weighted by molar-refractivity contribution is -0.127. The van der Waals surface area contributed by atoms with Crippen LogP contribution in [-0.2, 0) is 16.2 Å². The number of imide groups is 1.